The van der Waals surface area contributed by atoms with E-state index in [4.69, 9.17) is 11.2 Å². The molecule has 4 nitrogen and oxygen atoms in total. The Bertz CT molecular complexity index is 374. The van der Waals surface area contributed by atoms with Gasteiger partial charge < -0.3 is 15.4 Å². The Kier molecular flexibility index (Phi) is 8.74. The lowest BCUT2D eigenvalue weighted by atomic mass is 9.84. The predicted octanol–water partition coefficient (Wildman–Crippen LogP) is 3.03. The summed E-state index contributed by atoms with van der Waals surface area (Å²) in [5, 5.41) is 6.54. The molecule has 5 heteroatoms. The lowest BCUT2D eigenvalue weighted by molar-refractivity contribution is 0.0511. The predicted molar refractivity (Wildman–Crippen MR) is 94.1 cm³/mol. The van der Waals surface area contributed by atoms with Crippen molar-refractivity contribution in [1.29, 1.82) is 0 Å². The number of ether oxygens (including phenoxy) is 1. The number of hydrogen-bond donors (Lipinski definition) is 2. The van der Waals surface area contributed by atoms with E-state index in [0.717, 1.165) is 24.5 Å². The highest BCUT2D eigenvalue weighted by molar-refractivity contribution is 7.99. The van der Waals surface area contributed by atoms with E-state index in [-0.39, 0.29) is 6.09 Å². The Morgan fingerprint density at radius 1 is 1.36 bits per heavy atom. The van der Waals surface area contributed by atoms with Crippen LogP contribution in [0.2, 0.25) is 0 Å². The largest absolute Gasteiger partial charge is 0.444 e. The highest BCUT2D eigenvalue weighted by atomic mass is 32.2. The summed E-state index contributed by atoms with van der Waals surface area (Å²) in [4.78, 5) is 11.8. The molecule has 0 spiro atoms. The molecule has 22 heavy (non-hydrogen) atoms. The van der Waals surface area contributed by atoms with E-state index in [9.17, 15) is 4.79 Å². The molecule has 0 aromatic heterocycles. The van der Waals surface area contributed by atoms with Crippen molar-refractivity contribution in [3.63, 3.8) is 0 Å². The van der Waals surface area contributed by atoms with E-state index in [1.54, 1.807) is 11.8 Å². The van der Waals surface area contributed by atoms with Gasteiger partial charge in [-0.1, -0.05) is 18.8 Å². The van der Waals surface area contributed by atoms with Gasteiger partial charge >= 0.3 is 6.09 Å². The number of carbonyl (C=O) groups is 1. The van der Waals surface area contributed by atoms with Crippen LogP contribution in [0.4, 0.5) is 4.79 Å². The molecule has 1 fully saturated rings. The number of alkyl carbamates (subject to hydrolysis) is 1. The molecule has 0 aromatic rings. The fourth-order valence-corrected chi connectivity index (χ4v) is 3.22. The van der Waals surface area contributed by atoms with E-state index < -0.39 is 5.60 Å². The van der Waals surface area contributed by atoms with Crippen LogP contribution < -0.4 is 10.6 Å². The summed E-state index contributed by atoms with van der Waals surface area (Å²) in [6, 6.07) is 0.482. The number of hydrogen-bond acceptors (Lipinski definition) is 4. The van der Waals surface area contributed by atoms with E-state index in [0.29, 0.717) is 18.5 Å². The maximum absolute atomic E-state index is 11.8. The fraction of sp³-hybridized carbons (Fsp3) is 0.824. The van der Waals surface area contributed by atoms with Crippen LogP contribution in [0.15, 0.2) is 0 Å². The van der Waals surface area contributed by atoms with E-state index in [1.165, 1.54) is 19.3 Å². The number of thioether (sulfide) groups is 1. The van der Waals surface area contributed by atoms with Crippen LogP contribution in [0.25, 0.3) is 0 Å². The average molecular weight is 327 g/mol. The number of carbonyl (C=O) groups excluding carboxylic acids is 1. The number of nitrogens with one attached hydrogen (secondary N) is 2. The summed E-state index contributed by atoms with van der Waals surface area (Å²) >= 11 is 1.78. The van der Waals surface area contributed by atoms with Crippen molar-refractivity contribution >= 4 is 17.9 Å². The van der Waals surface area contributed by atoms with Crippen LogP contribution in [-0.2, 0) is 4.74 Å². The molecule has 0 aromatic carbocycles. The van der Waals surface area contributed by atoms with Crippen LogP contribution in [0.5, 0.6) is 0 Å². The molecule has 2 unspecified atom stereocenters. The average Bonchev–Trinajstić information content (AvgIpc) is 2.44. The number of terminal acetylenes is 1. The molecule has 2 N–H and O–H groups in total. The Morgan fingerprint density at radius 3 is 2.77 bits per heavy atom. The first-order valence-electron chi connectivity index (χ1n) is 8.14. The van der Waals surface area contributed by atoms with Crippen LogP contribution >= 0.6 is 11.8 Å². The molecule has 1 aliphatic rings. The first-order chi connectivity index (χ1) is 10.4. The molecule has 0 heterocycles. The summed E-state index contributed by atoms with van der Waals surface area (Å²) in [6.45, 7) is 7.30. The van der Waals surface area contributed by atoms with Gasteiger partial charge in [0.15, 0.2) is 0 Å². The monoisotopic (exact) mass is 326 g/mol. The molecule has 2 atom stereocenters. The van der Waals surface area contributed by atoms with Gasteiger partial charge in [0, 0.05) is 24.9 Å². The molecule has 0 radical (unpaired) electrons. The molecule has 1 aliphatic carbocycles. The van der Waals surface area contributed by atoms with Gasteiger partial charge in [0.25, 0.3) is 0 Å². The maximum Gasteiger partial charge on any atom is 0.407 e. The second-order valence-electron chi connectivity index (χ2n) is 6.74. The van der Waals surface area contributed by atoms with Crippen LogP contribution in [0.3, 0.4) is 0 Å². The van der Waals surface area contributed by atoms with Crippen molar-refractivity contribution in [3.05, 3.63) is 0 Å². The van der Waals surface area contributed by atoms with Crippen molar-refractivity contribution in [1.82, 2.24) is 10.6 Å². The van der Waals surface area contributed by atoms with Gasteiger partial charge in [-0.05, 0) is 39.5 Å². The summed E-state index contributed by atoms with van der Waals surface area (Å²) in [5.41, 5.74) is -0.442. The van der Waals surface area contributed by atoms with E-state index >= 15 is 0 Å². The highest BCUT2D eigenvalue weighted by Gasteiger charge is 2.25. The minimum Gasteiger partial charge on any atom is -0.444 e. The third kappa shape index (κ3) is 8.55. The molecular formula is C17H30N2O2S. The third-order valence-electron chi connectivity index (χ3n) is 3.65. The molecule has 0 bridgehead atoms. The Labute approximate surface area is 139 Å². The number of amides is 1. The summed E-state index contributed by atoms with van der Waals surface area (Å²) in [6.07, 6.45) is 9.77. The van der Waals surface area contributed by atoms with Crippen molar-refractivity contribution < 1.29 is 9.53 Å². The minimum atomic E-state index is -0.442. The van der Waals surface area contributed by atoms with Gasteiger partial charge in [-0.3, -0.25) is 0 Å². The van der Waals surface area contributed by atoms with Gasteiger partial charge in [0.2, 0.25) is 0 Å². The SMILES string of the molecule is C#CCSCCNC1CCCCC1CNC(=O)OC(C)(C)C. The van der Waals surface area contributed by atoms with Crippen molar-refractivity contribution in [2.75, 3.05) is 24.6 Å². The van der Waals surface area contributed by atoms with Gasteiger partial charge in [-0.15, -0.1) is 18.2 Å². The maximum atomic E-state index is 11.8. The lowest BCUT2D eigenvalue weighted by Gasteiger charge is -2.32. The zero-order valence-corrected chi connectivity index (χ0v) is 14.9. The van der Waals surface area contributed by atoms with Crippen LogP contribution in [0, 0.1) is 18.3 Å². The molecular weight excluding hydrogens is 296 g/mol. The molecule has 0 saturated heterocycles. The summed E-state index contributed by atoms with van der Waals surface area (Å²) in [5.74, 6) is 4.93. The van der Waals surface area contributed by atoms with Gasteiger partial charge in [-0.2, -0.15) is 0 Å². The van der Waals surface area contributed by atoms with Gasteiger partial charge in [-0.25, -0.2) is 4.79 Å². The second kappa shape index (κ2) is 10.0. The summed E-state index contributed by atoms with van der Waals surface area (Å²) in [7, 11) is 0. The first kappa shape index (κ1) is 19.2. The molecule has 1 saturated carbocycles. The van der Waals surface area contributed by atoms with Crippen molar-refractivity contribution in [2.24, 2.45) is 5.92 Å². The smallest absolute Gasteiger partial charge is 0.407 e. The number of rotatable bonds is 7. The van der Waals surface area contributed by atoms with Crippen molar-refractivity contribution in [2.45, 2.75) is 58.1 Å². The zero-order chi connectivity index (χ0) is 16.4. The van der Waals surface area contributed by atoms with Gasteiger partial charge in [0.05, 0.1) is 5.75 Å². The minimum absolute atomic E-state index is 0.318. The molecule has 1 rings (SSSR count). The van der Waals surface area contributed by atoms with E-state index in [2.05, 4.69) is 16.6 Å². The second-order valence-corrected chi connectivity index (χ2v) is 7.85. The Balaban J connectivity index is 2.29. The first-order valence-corrected chi connectivity index (χ1v) is 9.29. The van der Waals surface area contributed by atoms with Crippen LogP contribution in [-0.4, -0.2) is 42.3 Å². The van der Waals surface area contributed by atoms with Crippen molar-refractivity contribution in [3.8, 4) is 12.3 Å². The molecule has 1 amide bonds. The standard InChI is InChI=1S/C17H30N2O2S/c1-5-11-22-12-10-18-15-9-7-6-8-14(15)13-19-16(20)21-17(2,3)4/h1,14-15,18H,6-13H2,2-4H3,(H,19,20). The lowest BCUT2D eigenvalue weighted by Crippen LogP contribution is -2.45. The van der Waals surface area contributed by atoms with E-state index in [1.807, 2.05) is 20.8 Å². The fourth-order valence-electron chi connectivity index (χ4n) is 2.70. The molecule has 0 aliphatic heterocycles. The quantitative estimate of drug-likeness (QED) is 0.558. The summed E-state index contributed by atoms with van der Waals surface area (Å²) < 4.78 is 5.30. The van der Waals surface area contributed by atoms with Crippen LogP contribution in [0.1, 0.15) is 46.5 Å². The molecule has 126 valence electrons. The van der Waals surface area contributed by atoms with Gasteiger partial charge in [0.1, 0.15) is 5.60 Å². The zero-order valence-electron chi connectivity index (χ0n) is 14.1. The Hall–Kier alpha value is -0.860. The highest BCUT2D eigenvalue weighted by Crippen LogP contribution is 2.24. The normalized spacial score (nSPS) is 21.9. The topological polar surface area (TPSA) is 50.4 Å². The third-order valence-corrected chi connectivity index (χ3v) is 4.52. The Morgan fingerprint density at radius 2 is 2.09 bits per heavy atom.